The van der Waals surface area contributed by atoms with Crippen molar-refractivity contribution < 1.29 is 14.6 Å². The summed E-state index contributed by atoms with van der Waals surface area (Å²) in [6.07, 6.45) is 0. The quantitative estimate of drug-likeness (QED) is 0.653. The molecule has 0 unspecified atom stereocenters. The zero-order valence-corrected chi connectivity index (χ0v) is 13.2. The SMILES string of the molecule is Cc1c(NCCOc2ccccc2)cccc1C(=O)NCCO. The zero-order chi connectivity index (χ0) is 16.5. The number of benzene rings is 2. The van der Waals surface area contributed by atoms with Crippen molar-refractivity contribution in [1.82, 2.24) is 5.32 Å². The van der Waals surface area contributed by atoms with Crippen molar-refractivity contribution >= 4 is 11.6 Å². The molecule has 5 nitrogen and oxygen atoms in total. The van der Waals surface area contributed by atoms with Crippen LogP contribution in [0.25, 0.3) is 0 Å². The molecule has 2 aromatic carbocycles. The van der Waals surface area contributed by atoms with Crippen LogP contribution in [0.4, 0.5) is 5.69 Å². The van der Waals surface area contributed by atoms with Gasteiger partial charge in [0, 0.05) is 24.3 Å². The Balaban J connectivity index is 1.89. The van der Waals surface area contributed by atoms with Gasteiger partial charge in [0.25, 0.3) is 5.91 Å². The fourth-order valence-electron chi connectivity index (χ4n) is 2.21. The molecular weight excluding hydrogens is 292 g/mol. The van der Waals surface area contributed by atoms with Crippen LogP contribution in [0, 0.1) is 6.92 Å². The molecule has 0 aliphatic rings. The minimum Gasteiger partial charge on any atom is -0.492 e. The molecule has 0 radical (unpaired) electrons. The van der Waals surface area contributed by atoms with Gasteiger partial charge in [0.2, 0.25) is 0 Å². The third-order valence-corrected chi connectivity index (χ3v) is 3.41. The summed E-state index contributed by atoms with van der Waals surface area (Å²) in [5.74, 6) is 0.656. The number of carbonyl (C=O) groups is 1. The lowest BCUT2D eigenvalue weighted by atomic mass is 10.1. The van der Waals surface area contributed by atoms with Gasteiger partial charge in [0.15, 0.2) is 0 Å². The van der Waals surface area contributed by atoms with Crippen LogP contribution < -0.4 is 15.4 Å². The van der Waals surface area contributed by atoms with E-state index >= 15 is 0 Å². The van der Waals surface area contributed by atoms with Crippen LogP contribution >= 0.6 is 0 Å². The zero-order valence-electron chi connectivity index (χ0n) is 13.2. The lowest BCUT2D eigenvalue weighted by Crippen LogP contribution is -2.27. The average Bonchev–Trinajstić information content (AvgIpc) is 2.58. The number of hydrogen-bond donors (Lipinski definition) is 3. The minimum absolute atomic E-state index is 0.0699. The van der Waals surface area contributed by atoms with Crippen LogP contribution in [0.5, 0.6) is 5.75 Å². The molecule has 0 aliphatic carbocycles. The van der Waals surface area contributed by atoms with Crippen LogP contribution in [0.3, 0.4) is 0 Å². The van der Waals surface area contributed by atoms with E-state index in [2.05, 4.69) is 10.6 Å². The molecule has 5 heteroatoms. The molecule has 122 valence electrons. The number of hydrogen-bond acceptors (Lipinski definition) is 4. The highest BCUT2D eigenvalue weighted by Gasteiger charge is 2.10. The Labute approximate surface area is 136 Å². The Morgan fingerprint density at radius 1 is 1.09 bits per heavy atom. The topological polar surface area (TPSA) is 70.6 Å². The molecule has 0 saturated carbocycles. The van der Waals surface area contributed by atoms with Gasteiger partial charge in [0.1, 0.15) is 12.4 Å². The summed E-state index contributed by atoms with van der Waals surface area (Å²) in [5.41, 5.74) is 2.38. The molecule has 0 aliphatic heterocycles. The van der Waals surface area contributed by atoms with E-state index in [1.165, 1.54) is 0 Å². The van der Waals surface area contributed by atoms with Crippen molar-refractivity contribution in [2.75, 3.05) is 31.6 Å². The predicted octanol–water partition coefficient (Wildman–Crippen LogP) is 2.21. The second-order valence-electron chi connectivity index (χ2n) is 5.05. The number of aliphatic hydroxyl groups excluding tert-OH is 1. The van der Waals surface area contributed by atoms with E-state index in [9.17, 15) is 4.79 Å². The molecule has 0 spiro atoms. The Morgan fingerprint density at radius 3 is 2.61 bits per heavy atom. The highest BCUT2D eigenvalue weighted by molar-refractivity contribution is 5.97. The summed E-state index contributed by atoms with van der Waals surface area (Å²) >= 11 is 0. The first-order chi connectivity index (χ1) is 11.2. The first kappa shape index (κ1) is 16.8. The monoisotopic (exact) mass is 314 g/mol. The van der Waals surface area contributed by atoms with Crippen molar-refractivity contribution in [2.24, 2.45) is 0 Å². The highest BCUT2D eigenvalue weighted by Crippen LogP contribution is 2.18. The maximum atomic E-state index is 12.0. The van der Waals surface area contributed by atoms with Gasteiger partial charge in [0.05, 0.1) is 6.61 Å². The average molecular weight is 314 g/mol. The van der Waals surface area contributed by atoms with Gasteiger partial charge in [-0.05, 0) is 36.8 Å². The molecule has 3 N–H and O–H groups in total. The molecule has 2 rings (SSSR count). The van der Waals surface area contributed by atoms with E-state index < -0.39 is 0 Å². The number of para-hydroxylation sites is 1. The maximum Gasteiger partial charge on any atom is 0.251 e. The van der Waals surface area contributed by atoms with Gasteiger partial charge in [-0.25, -0.2) is 0 Å². The Hall–Kier alpha value is -2.53. The standard InChI is InChI=1S/C18H22N2O3/c1-14-16(18(22)20-10-12-21)8-5-9-17(14)19-11-13-23-15-6-3-2-4-7-15/h2-9,19,21H,10-13H2,1H3,(H,20,22). The third-order valence-electron chi connectivity index (χ3n) is 3.41. The highest BCUT2D eigenvalue weighted by atomic mass is 16.5. The van der Waals surface area contributed by atoms with E-state index in [1.54, 1.807) is 6.07 Å². The third kappa shape index (κ3) is 5.00. The molecule has 0 atom stereocenters. The molecule has 0 bridgehead atoms. The van der Waals surface area contributed by atoms with Crippen molar-refractivity contribution in [3.8, 4) is 5.75 Å². The Kier molecular flexibility index (Phi) is 6.44. The lowest BCUT2D eigenvalue weighted by molar-refractivity contribution is 0.0944. The van der Waals surface area contributed by atoms with Crippen LogP contribution in [-0.2, 0) is 0 Å². The number of carbonyl (C=O) groups excluding carboxylic acids is 1. The molecule has 2 aromatic rings. The minimum atomic E-state index is -0.180. The number of ether oxygens (including phenoxy) is 1. The van der Waals surface area contributed by atoms with Crippen molar-refractivity contribution in [1.29, 1.82) is 0 Å². The van der Waals surface area contributed by atoms with Crippen molar-refractivity contribution in [3.63, 3.8) is 0 Å². The number of anilines is 1. The smallest absolute Gasteiger partial charge is 0.251 e. The van der Waals surface area contributed by atoms with E-state index in [4.69, 9.17) is 9.84 Å². The van der Waals surface area contributed by atoms with Gasteiger partial charge < -0.3 is 20.5 Å². The number of aliphatic hydroxyl groups is 1. The Morgan fingerprint density at radius 2 is 1.87 bits per heavy atom. The van der Waals surface area contributed by atoms with Crippen LogP contribution in [-0.4, -0.2) is 37.3 Å². The summed E-state index contributed by atoms with van der Waals surface area (Å²) in [4.78, 5) is 12.0. The first-order valence-corrected chi connectivity index (χ1v) is 7.62. The lowest BCUT2D eigenvalue weighted by Gasteiger charge is -2.13. The molecule has 0 heterocycles. The fourth-order valence-corrected chi connectivity index (χ4v) is 2.21. The molecule has 0 aromatic heterocycles. The van der Waals surface area contributed by atoms with E-state index in [1.807, 2.05) is 49.4 Å². The predicted molar refractivity (Wildman–Crippen MR) is 91.0 cm³/mol. The number of amides is 1. The largest absolute Gasteiger partial charge is 0.492 e. The van der Waals surface area contributed by atoms with Crippen molar-refractivity contribution in [2.45, 2.75) is 6.92 Å². The number of nitrogens with one attached hydrogen (secondary N) is 2. The summed E-state index contributed by atoms with van der Waals surface area (Å²) < 4.78 is 5.63. The van der Waals surface area contributed by atoms with E-state index in [0.717, 1.165) is 17.0 Å². The van der Waals surface area contributed by atoms with E-state index in [0.29, 0.717) is 18.7 Å². The van der Waals surface area contributed by atoms with Gasteiger partial charge >= 0.3 is 0 Å². The van der Waals surface area contributed by atoms with Crippen molar-refractivity contribution in [3.05, 3.63) is 59.7 Å². The second kappa shape index (κ2) is 8.80. The number of rotatable bonds is 8. The molecule has 0 saturated heterocycles. The van der Waals surface area contributed by atoms with Gasteiger partial charge in [-0.3, -0.25) is 4.79 Å². The maximum absolute atomic E-state index is 12.0. The van der Waals surface area contributed by atoms with Gasteiger partial charge in [-0.15, -0.1) is 0 Å². The van der Waals surface area contributed by atoms with Crippen LogP contribution in [0.2, 0.25) is 0 Å². The van der Waals surface area contributed by atoms with Crippen LogP contribution in [0.15, 0.2) is 48.5 Å². The summed E-state index contributed by atoms with van der Waals surface area (Å²) in [5, 5.41) is 14.7. The summed E-state index contributed by atoms with van der Waals surface area (Å²) in [6.45, 7) is 3.25. The van der Waals surface area contributed by atoms with Crippen LogP contribution in [0.1, 0.15) is 15.9 Å². The van der Waals surface area contributed by atoms with E-state index in [-0.39, 0.29) is 19.1 Å². The van der Waals surface area contributed by atoms with Gasteiger partial charge in [-0.1, -0.05) is 24.3 Å². The molecular formula is C18H22N2O3. The molecule has 1 amide bonds. The van der Waals surface area contributed by atoms with Gasteiger partial charge in [-0.2, -0.15) is 0 Å². The molecule has 23 heavy (non-hydrogen) atoms. The summed E-state index contributed by atoms with van der Waals surface area (Å²) in [6, 6.07) is 15.2. The molecule has 0 fully saturated rings. The normalized spacial score (nSPS) is 10.2. The second-order valence-corrected chi connectivity index (χ2v) is 5.05. The Bertz CT molecular complexity index is 629. The fraction of sp³-hybridized carbons (Fsp3) is 0.278. The first-order valence-electron chi connectivity index (χ1n) is 7.62. The summed E-state index contributed by atoms with van der Waals surface area (Å²) in [7, 11) is 0.